The number of allylic oxidation sites excluding steroid dienone is 4. The zero-order valence-corrected chi connectivity index (χ0v) is 22.8. The van der Waals surface area contributed by atoms with Crippen LogP contribution < -0.4 is 0 Å². The number of fused-ring (bicyclic) bond motifs is 5. The molecule has 3 unspecified atom stereocenters. The maximum Gasteiger partial charge on any atom is 0.339 e. The van der Waals surface area contributed by atoms with Crippen molar-refractivity contribution < 1.29 is 37.7 Å². The fraction of sp³-hybridized carbons (Fsp3) is 0.733. The third-order valence-corrected chi connectivity index (χ3v) is 11.1. The van der Waals surface area contributed by atoms with E-state index in [0.29, 0.717) is 32.1 Å². The van der Waals surface area contributed by atoms with Crippen molar-refractivity contribution in [2.24, 2.45) is 34.5 Å². The summed E-state index contributed by atoms with van der Waals surface area (Å²) in [6, 6.07) is 1.71. The minimum atomic E-state index is -1.86. The lowest BCUT2D eigenvalue weighted by molar-refractivity contribution is -0.181. The quantitative estimate of drug-likeness (QED) is 0.507. The molecule has 5 aliphatic carbocycles. The highest BCUT2D eigenvalue weighted by atomic mass is 19.1. The van der Waals surface area contributed by atoms with Crippen LogP contribution in [0.3, 0.4) is 0 Å². The Hall–Kier alpha value is -2.60. The van der Waals surface area contributed by atoms with Gasteiger partial charge in [-0.25, -0.2) is 13.6 Å². The topological polar surface area (TPSA) is 114 Å². The van der Waals surface area contributed by atoms with Gasteiger partial charge in [0.15, 0.2) is 18.0 Å². The van der Waals surface area contributed by atoms with Gasteiger partial charge in [0.05, 0.1) is 5.92 Å². The number of carbonyl (C=O) groups excluding carboxylic acids is 3. The minimum absolute atomic E-state index is 0.00369. The third kappa shape index (κ3) is 4.00. The second kappa shape index (κ2) is 9.50. The van der Waals surface area contributed by atoms with E-state index in [1.54, 1.807) is 26.0 Å². The van der Waals surface area contributed by atoms with Crippen molar-refractivity contribution in [1.82, 2.24) is 0 Å². The first kappa shape index (κ1) is 27.9. The molecular weight excluding hydrogens is 508 g/mol. The summed E-state index contributed by atoms with van der Waals surface area (Å²) >= 11 is 0. The molecule has 4 fully saturated rings. The van der Waals surface area contributed by atoms with Crippen molar-refractivity contribution in [1.29, 1.82) is 5.26 Å². The first-order valence-electron chi connectivity index (χ1n) is 14.1. The van der Waals surface area contributed by atoms with Gasteiger partial charge < -0.3 is 14.6 Å². The molecule has 0 aliphatic heterocycles. The number of halogens is 2. The molecule has 212 valence electrons. The lowest BCUT2D eigenvalue weighted by Gasteiger charge is -2.60. The van der Waals surface area contributed by atoms with E-state index < -0.39 is 70.7 Å². The summed E-state index contributed by atoms with van der Waals surface area (Å²) in [5.74, 6) is -4.03. The van der Waals surface area contributed by atoms with E-state index in [1.165, 1.54) is 12.2 Å². The van der Waals surface area contributed by atoms with Crippen molar-refractivity contribution >= 4 is 17.7 Å². The van der Waals surface area contributed by atoms with E-state index in [4.69, 9.17) is 14.7 Å². The summed E-state index contributed by atoms with van der Waals surface area (Å²) in [7, 11) is 0. The maximum atomic E-state index is 17.0. The number of aliphatic hydroxyl groups is 1. The van der Waals surface area contributed by atoms with E-state index in [1.807, 2.05) is 6.92 Å². The van der Waals surface area contributed by atoms with Gasteiger partial charge in [-0.1, -0.05) is 19.9 Å². The highest BCUT2D eigenvalue weighted by Gasteiger charge is 2.69. The van der Waals surface area contributed by atoms with E-state index in [2.05, 4.69) is 0 Å². The Morgan fingerprint density at radius 3 is 2.67 bits per heavy atom. The molecule has 0 spiro atoms. The molecule has 0 aromatic rings. The summed E-state index contributed by atoms with van der Waals surface area (Å²) in [4.78, 5) is 37.9. The second-order valence-electron chi connectivity index (χ2n) is 12.8. The fourth-order valence-corrected chi connectivity index (χ4v) is 8.79. The normalized spacial score (nSPS) is 45.3. The second-order valence-corrected chi connectivity index (χ2v) is 12.8. The van der Waals surface area contributed by atoms with Crippen LogP contribution in [-0.4, -0.2) is 53.0 Å². The van der Waals surface area contributed by atoms with Crippen molar-refractivity contribution in [2.45, 2.75) is 95.7 Å². The van der Waals surface area contributed by atoms with E-state index in [9.17, 15) is 19.5 Å². The van der Waals surface area contributed by atoms with E-state index in [0.717, 1.165) is 0 Å². The Morgan fingerprint density at radius 2 is 1.95 bits per heavy atom. The van der Waals surface area contributed by atoms with E-state index >= 15 is 8.78 Å². The van der Waals surface area contributed by atoms with Crippen LogP contribution in [0.25, 0.3) is 0 Å². The molecule has 5 aliphatic rings. The standard InChI is InChI=1S/C30H37F2NO6/c1-17(19-5-4-9-29(19,37)26(36)38-14-13-33)25(35)39-24-7-6-20-21-16-23(31)22-15-18(34)8-10-28(22,3)30(21,32)12-11-27(20,24)2/h8,10,15,17,19-21,23-24,37H,4-7,9,11-12,14,16H2,1-3H3/t17?,19?,20-,21-,23-,24+,27-,28-,29?,30+/m0/s1. The van der Waals surface area contributed by atoms with Crippen molar-refractivity contribution in [2.75, 3.05) is 6.61 Å². The van der Waals surface area contributed by atoms with Gasteiger partial charge in [-0.15, -0.1) is 0 Å². The molecule has 0 amide bonds. The molecule has 5 rings (SSSR count). The molecule has 1 N–H and O–H groups in total. The molecule has 0 heterocycles. The van der Waals surface area contributed by atoms with Crippen LogP contribution in [0.5, 0.6) is 0 Å². The van der Waals surface area contributed by atoms with Gasteiger partial charge >= 0.3 is 11.9 Å². The average molecular weight is 546 g/mol. The van der Waals surface area contributed by atoms with Gasteiger partial charge in [0.25, 0.3) is 0 Å². The number of ketones is 1. The van der Waals surface area contributed by atoms with Crippen molar-refractivity contribution in [3.05, 3.63) is 23.8 Å². The lowest BCUT2D eigenvalue weighted by atomic mass is 9.46. The van der Waals surface area contributed by atoms with E-state index in [-0.39, 0.29) is 36.5 Å². The average Bonchev–Trinajstić information content (AvgIpc) is 3.45. The van der Waals surface area contributed by atoms with Crippen LogP contribution in [0, 0.1) is 45.8 Å². The van der Waals surface area contributed by atoms with Crippen LogP contribution in [0.15, 0.2) is 23.8 Å². The number of esters is 2. The lowest BCUT2D eigenvalue weighted by Crippen LogP contribution is -2.62. The molecular formula is C30H37F2NO6. The predicted molar refractivity (Wildman–Crippen MR) is 135 cm³/mol. The molecule has 10 atom stereocenters. The smallest absolute Gasteiger partial charge is 0.339 e. The van der Waals surface area contributed by atoms with Crippen LogP contribution in [-0.2, 0) is 23.9 Å². The van der Waals surface area contributed by atoms with Gasteiger partial charge in [-0.3, -0.25) is 9.59 Å². The summed E-state index contributed by atoms with van der Waals surface area (Å²) in [6.45, 7) is 4.85. The molecule has 9 heteroatoms. The molecule has 0 aromatic carbocycles. The molecule has 0 aromatic heterocycles. The zero-order chi connectivity index (χ0) is 28.4. The zero-order valence-electron chi connectivity index (χ0n) is 22.8. The van der Waals surface area contributed by atoms with Gasteiger partial charge in [-0.2, -0.15) is 5.26 Å². The summed E-state index contributed by atoms with van der Waals surface area (Å²) in [5, 5.41) is 19.8. The van der Waals surface area contributed by atoms with Gasteiger partial charge in [-0.05, 0) is 81.9 Å². The number of hydrogen-bond acceptors (Lipinski definition) is 7. The Bertz CT molecular complexity index is 1180. The highest BCUT2D eigenvalue weighted by Crippen LogP contribution is 2.68. The SMILES string of the molecule is CC(C(=O)O[C@@H]1CC[C@H]2[C@@H]3C[C@H](F)C4=CC(=O)C=C[C@]4(C)[C@@]3(F)CC[C@]12C)C1CCCC1(O)C(=O)OCC#N. The molecule has 0 bridgehead atoms. The molecule has 39 heavy (non-hydrogen) atoms. The Kier molecular flexibility index (Phi) is 6.81. The Balaban J connectivity index is 1.33. The van der Waals surface area contributed by atoms with Crippen LogP contribution in [0.4, 0.5) is 8.78 Å². The van der Waals surface area contributed by atoms with Crippen molar-refractivity contribution in [3.63, 3.8) is 0 Å². The number of rotatable bonds is 5. The monoisotopic (exact) mass is 545 g/mol. The number of hydrogen-bond donors (Lipinski definition) is 1. The number of alkyl halides is 2. The number of ether oxygens (including phenoxy) is 2. The largest absolute Gasteiger partial charge is 0.462 e. The summed E-state index contributed by atoms with van der Waals surface area (Å²) in [5.41, 5.74) is -5.08. The summed E-state index contributed by atoms with van der Waals surface area (Å²) in [6.07, 6.45) is 5.09. The van der Waals surface area contributed by atoms with Crippen LogP contribution in [0.1, 0.15) is 72.1 Å². The minimum Gasteiger partial charge on any atom is -0.462 e. The molecule has 7 nitrogen and oxygen atoms in total. The number of nitrogens with zero attached hydrogens (tertiary/aromatic N) is 1. The highest BCUT2D eigenvalue weighted by molar-refractivity contribution is 6.01. The Labute approximate surface area is 227 Å². The predicted octanol–water partition coefficient (Wildman–Crippen LogP) is 4.48. The first-order valence-corrected chi connectivity index (χ1v) is 14.1. The first-order chi connectivity index (χ1) is 18.3. The van der Waals surface area contributed by atoms with Crippen LogP contribution >= 0.6 is 0 Å². The maximum absolute atomic E-state index is 17.0. The van der Waals surface area contributed by atoms with Crippen LogP contribution in [0.2, 0.25) is 0 Å². The van der Waals surface area contributed by atoms with Gasteiger partial charge in [0.1, 0.15) is 24.0 Å². The molecule has 0 radical (unpaired) electrons. The van der Waals surface area contributed by atoms with Gasteiger partial charge in [0.2, 0.25) is 0 Å². The number of nitriles is 1. The van der Waals surface area contributed by atoms with Gasteiger partial charge in [0, 0.05) is 22.7 Å². The van der Waals surface area contributed by atoms with Crippen molar-refractivity contribution in [3.8, 4) is 6.07 Å². The number of carbonyl (C=O) groups is 3. The molecule has 0 saturated heterocycles. The third-order valence-electron chi connectivity index (χ3n) is 11.1. The molecule has 4 saturated carbocycles. The fourth-order valence-electron chi connectivity index (χ4n) is 8.79. The summed E-state index contributed by atoms with van der Waals surface area (Å²) < 4.78 is 43.5. The Morgan fingerprint density at radius 1 is 1.21 bits per heavy atom.